The molecule has 0 fully saturated rings. The molecule has 0 bridgehead atoms. The summed E-state index contributed by atoms with van der Waals surface area (Å²) in [6.07, 6.45) is 0.0804. The van der Waals surface area contributed by atoms with Crippen LogP contribution in [-0.2, 0) is 29.6 Å². The average molecular weight is 452 g/mol. The van der Waals surface area contributed by atoms with E-state index in [1.807, 2.05) is 48.0 Å². The van der Waals surface area contributed by atoms with Gasteiger partial charge in [0.2, 0.25) is 5.78 Å². The summed E-state index contributed by atoms with van der Waals surface area (Å²) in [6, 6.07) is 9.58. The van der Waals surface area contributed by atoms with Crippen molar-refractivity contribution < 1.29 is 9.53 Å². The second-order valence-corrected chi connectivity index (χ2v) is 8.90. The third-order valence-corrected chi connectivity index (χ3v) is 6.84. The SMILES string of the molecule is Cc1ccc2c(c1)c(=O)n(C)c1nnc(COC(=O)Cc3csc(-c4cccs4)n3)n21. The van der Waals surface area contributed by atoms with Gasteiger partial charge in [-0.25, -0.2) is 4.98 Å². The number of fused-ring (bicyclic) bond motifs is 3. The molecule has 0 saturated carbocycles. The molecule has 5 rings (SSSR count). The van der Waals surface area contributed by atoms with E-state index in [-0.39, 0.29) is 18.6 Å². The van der Waals surface area contributed by atoms with E-state index in [4.69, 9.17) is 4.74 Å². The van der Waals surface area contributed by atoms with Gasteiger partial charge in [0.25, 0.3) is 5.56 Å². The molecule has 0 spiro atoms. The van der Waals surface area contributed by atoms with Gasteiger partial charge in [-0.15, -0.1) is 32.9 Å². The van der Waals surface area contributed by atoms with Gasteiger partial charge in [0, 0.05) is 12.4 Å². The van der Waals surface area contributed by atoms with Crippen LogP contribution >= 0.6 is 22.7 Å². The van der Waals surface area contributed by atoms with E-state index in [0.717, 1.165) is 15.4 Å². The largest absolute Gasteiger partial charge is 0.457 e. The van der Waals surface area contributed by atoms with Crippen molar-refractivity contribution >= 4 is 45.3 Å². The van der Waals surface area contributed by atoms with Crippen LogP contribution < -0.4 is 5.56 Å². The smallest absolute Gasteiger partial charge is 0.312 e. The number of carbonyl (C=O) groups is 1. The van der Waals surface area contributed by atoms with Crippen LogP contribution in [-0.4, -0.2) is 30.1 Å². The number of hydrogen-bond donors (Lipinski definition) is 0. The van der Waals surface area contributed by atoms with E-state index < -0.39 is 5.97 Å². The third kappa shape index (κ3) is 3.53. The molecule has 8 nitrogen and oxygen atoms in total. The number of esters is 1. The summed E-state index contributed by atoms with van der Waals surface area (Å²) < 4.78 is 8.66. The van der Waals surface area contributed by atoms with Crippen LogP contribution in [0.15, 0.2) is 45.9 Å². The number of aromatic nitrogens is 5. The van der Waals surface area contributed by atoms with E-state index in [1.165, 1.54) is 15.9 Å². The summed E-state index contributed by atoms with van der Waals surface area (Å²) in [4.78, 5) is 30.6. The number of aryl methyl sites for hydroxylation is 2. The number of rotatable bonds is 5. The minimum Gasteiger partial charge on any atom is -0.457 e. The lowest BCUT2D eigenvalue weighted by Crippen LogP contribution is -2.20. The van der Waals surface area contributed by atoms with E-state index >= 15 is 0 Å². The highest BCUT2D eigenvalue weighted by Gasteiger charge is 2.17. The molecule has 0 aliphatic carbocycles. The van der Waals surface area contributed by atoms with Gasteiger partial charge in [0.05, 0.1) is 27.9 Å². The van der Waals surface area contributed by atoms with Gasteiger partial charge in [-0.05, 0) is 30.5 Å². The fraction of sp³-hybridized carbons (Fsp3) is 0.190. The number of ether oxygens (including phenoxy) is 1. The Hall–Kier alpha value is -3.37. The molecule has 31 heavy (non-hydrogen) atoms. The second-order valence-electron chi connectivity index (χ2n) is 7.10. The summed E-state index contributed by atoms with van der Waals surface area (Å²) in [5.74, 6) is 0.447. The van der Waals surface area contributed by atoms with Gasteiger partial charge in [-0.2, -0.15) is 0 Å². The fourth-order valence-corrected chi connectivity index (χ4v) is 5.03. The maximum absolute atomic E-state index is 12.7. The van der Waals surface area contributed by atoms with Crippen molar-refractivity contribution in [1.82, 2.24) is 24.1 Å². The minimum atomic E-state index is -0.398. The lowest BCUT2D eigenvalue weighted by molar-refractivity contribution is -0.144. The van der Waals surface area contributed by atoms with Gasteiger partial charge in [-0.3, -0.25) is 18.6 Å². The summed E-state index contributed by atoms with van der Waals surface area (Å²) in [7, 11) is 1.65. The van der Waals surface area contributed by atoms with E-state index in [0.29, 0.717) is 28.2 Å². The van der Waals surface area contributed by atoms with E-state index in [9.17, 15) is 9.59 Å². The molecule has 0 saturated heterocycles. The molecule has 4 aromatic heterocycles. The Kier molecular flexibility index (Phi) is 4.87. The predicted molar refractivity (Wildman–Crippen MR) is 119 cm³/mol. The van der Waals surface area contributed by atoms with Crippen molar-refractivity contribution in [1.29, 1.82) is 0 Å². The molecule has 0 aliphatic rings. The van der Waals surface area contributed by atoms with Crippen LogP contribution in [0.25, 0.3) is 26.6 Å². The average Bonchev–Trinajstić information content (AvgIpc) is 3.51. The summed E-state index contributed by atoms with van der Waals surface area (Å²) in [5, 5.41) is 13.6. The summed E-state index contributed by atoms with van der Waals surface area (Å²) in [6.45, 7) is 1.88. The summed E-state index contributed by atoms with van der Waals surface area (Å²) >= 11 is 3.12. The highest BCUT2D eigenvalue weighted by atomic mass is 32.1. The highest BCUT2D eigenvalue weighted by molar-refractivity contribution is 7.20. The first-order chi connectivity index (χ1) is 15.0. The molecule has 10 heteroatoms. The third-order valence-electron chi connectivity index (χ3n) is 4.91. The predicted octanol–water partition coefficient (Wildman–Crippen LogP) is 3.36. The van der Waals surface area contributed by atoms with Crippen LogP contribution in [0.4, 0.5) is 0 Å². The van der Waals surface area contributed by atoms with Gasteiger partial charge < -0.3 is 4.74 Å². The zero-order valence-corrected chi connectivity index (χ0v) is 18.4. The second kappa shape index (κ2) is 7.71. The quantitative estimate of drug-likeness (QED) is 0.381. The van der Waals surface area contributed by atoms with E-state index in [1.54, 1.807) is 22.8 Å². The van der Waals surface area contributed by atoms with E-state index in [2.05, 4.69) is 15.2 Å². The maximum Gasteiger partial charge on any atom is 0.312 e. The Morgan fingerprint density at radius 3 is 2.87 bits per heavy atom. The number of thiazole rings is 1. The first-order valence-corrected chi connectivity index (χ1v) is 11.2. The number of benzene rings is 1. The number of thiophene rings is 1. The highest BCUT2D eigenvalue weighted by Crippen LogP contribution is 2.28. The molecule has 0 atom stereocenters. The molecule has 5 aromatic rings. The van der Waals surface area contributed by atoms with Crippen molar-refractivity contribution in [3.63, 3.8) is 0 Å². The minimum absolute atomic E-state index is 0.0525. The monoisotopic (exact) mass is 451 g/mol. The Morgan fingerprint density at radius 2 is 2.06 bits per heavy atom. The first-order valence-electron chi connectivity index (χ1n) is 9.48. The Labute approximate surface area is 184 Å². The topological polar surface area (TPSA) is 91.4 Å². The van der Waals surface area contributed by atoms with Gasteiger partial charge in [0.15, 0.2) is 12.4 Å². The molecule has 156 valence electrons. The number of nitrogens with zero attached hydrogens (tertiary/aromatic N) is 5. The van der Waals surface area contributed by atoms with Gasteiger partial charge in [0.1, 0.15) is 5.01 Å². The summed E-state index contributed by atoms with van der Waals surface area (Å²) in [5.41, 5.74) is 2.19. The molecule has 0 radical (unpaired) electrons. The van der Waals surface area contributed by atoms with Crippen molar-refractivity contribution in [2.24, 2.45) is 7.05 Å². The molecule has 1 aromatic carbocycles. The van der Waals surface area contributed by atoms with Crippen LogP contribution in [0.2, 0.25) is 0 Å². The first kappa shape index (κ1) is 19.6. The zero-order chi connectivity index (χ0) is 21.5. The Bertz CT molecular complexity index is 1480. The molecule has 0 aliphatic heterocycles. The maximum atomic E-state index is 12.7. The van der Waals surface area contributed by atoms with Crippen LogP contribution in [0.3, 0.4) is 0 Å². The zero-order valence-electron chi connectivity index (χ0n) is 16.7. The molecule has 0 unspecified atom stereocenters. The van der Waals surface area contributed by atoms with Crippen molar-refractivity contribution in [2.75, 3.05) is 0 Å². The number of hydrogen-bond acceptors (Lipinski definition) is 8. The van der Waals surface area contributed by atoms with Gasteiger partial charge >= 0.3 is 5.97 Å². The normalized spacial score (nSPS) is 11.4. The van der Waals surface area contributed by atoms with Crippen molar-refractivity contribution in [3.05, 3.63) is 68.5 Å². The van der Waals surface area contributed by atoms with Crippen LogP contribution in [0.1, 0.15) is 17.1 Å². The van der Waals surface area contributed by atoms with Crippen molar-refractivity contribution in [2.45, 2.75) is 20.0 Å². The molecule has 0 N–H and O–H groups in total. The molecule has 4 heterocycles. The molecule has 0 amide bonds. The molecular weight excluding hydrogens is 434 g/mol. The number of carbonyl (C=O) groups excluding carboxylic acids is 1. The van der Waals surface area contributed by atoms with Crippen LogP contribution in [0, 0.1) is 6.92 Å². The Morgan fingerprint density at radius 1 is 1.19 bits per heavy atom. The van der Waals surface area contributed by atoms with Crippen molar-refractivity contribution in [3.8, 4) is 9.88 Å². The fourth-order valence-electron chi connectivity index (χ4n) is 3.40. The lowest BCUT2D eigenvalue weighted by Gasteiger charge is -2.09. The molecular formula is C21H17N5O3S2. The van der Waals surface area contributed by atoms with Crippen LogP contribution in [0.5, 0.6) is 0 Å². The Balaban J connectivity index is 1.38. The standard InChI is InChI=1S/C21H17N5O3S2/c1-12-5-6-15-14(8-12)20(28)25(2)21-24-23-17(26(15)21)10-29-18(27)9-13-11-31-19(22-13)16-4-3-7-30-16/h3-8,11H,9-10H2,1-2H3. The van der Waals surface area contributed by atoms with Gasteiger partial charge in [-0.1, -0.05) is 17.7 Å². The lowest BCUT2D eigenvalue weighted by atomic mass is 10.1.